The van der Waals surface area contributed by atoms with Crippen LogP contribution in [0.25, 0.3) is 10.2 Å². The second-order valence-electron chi connectivity index (χ2n) is 7.38. The molecule has 1 spiro atoms. The Morgan fingerprint density at radius 2 is 2.32 bits per heavy atom. The number of urea groups is 1. The van der Waals surface area contributed by atoms with Crippen LogP contribution in [-0.2, 0) is 6.42 Å². The van der Waals surface area contributed by atoms with Gasteiger partial charge in [-0.1, -0.05) is 11.3 Å². The van der Waals surface area contributed by atoms with Gasteiger partial charge in [0.15, 0.2) is 5.13 Å². The number of nitrogens with zero attached hydrogens (tertiary/aromatic N) is 3. The Hall–Kier alpha value is -1.86. The lowest BCUT2D eigenvalue weighted by Gasteiger charge is -2.44. The number of benzene rings is 1. The van der Waals surface area contributed by atoms with Crippen LogP contribution < -0.4 is 15.4 Å². The van der Waals surface area contributed by atoms with E-state index in [9.17, 15) is 4.79 Å². The van der Waals surface area contributed by atoms with Crippen molar-refractivity contribution in [3.8, 4) is 5.75 Å². The average Bonchev–Trinajstić information content (AvgIpc) is 3.03. The molecular formula is C18H22N4O2S. The lowest BCUT2D eigenvalue weighted by molar-refractivity contribution is 0.137. The number of likely N-dealkylation sites (tertiary alicyclic amines) is 1. The number of thiazole rings is 1. The fraction of sp³-hybridized carbons (Fsp3) is 0.556. The van der Waals surface area contributed by atoms with Crippen LogP contribution in [0.4, 0.5) is 9.93 Å². The largest absolute Gasteiger partial charge is 0.493 e. The Balaban J connectivity index is 1.59. The van der Waals surface area contributed by atoms with E-state index in [1.807, 2.05) is 12.1 Å². The highest BCUT2D eigenvalue weighted by molar-refractivity contribution is 7.22. The number of carbonyl (C=O) groups is 1. The SMILES string of the molecule is CN1CCCC(N(C(N)=O)c2nc3c4c(ccc3s2)OCC4)C12CC2. The van der Waals surface area contributed by atoms with Crippen molar-refractivity contribution in [1.82, 2.24) is 9.88 Å². The first-order chi connectivity index (χ1) is 12.1. The molecule has 2 aliphatic heterocycles. The zero-order valence-electron chi connectivity index (χ0n) is 14.3. The van der Waals surface area contributed by atoms with Gasteiger partial charge in [-0.3, -0.25) is 9.80 Å². The fourth-order valence-electron chi connectivity index (χ4n) is 4.62. The molecule has 3 heterocycles. The van der Waals surface area contributed by atoms with Crippen molar-refractivity contribution in [2.24, 2.45) is 5.73 Å². The monoisotopic (exact) mass is 358 g/mol. The maximum Gasteiger partial charge on any atom is 0.321 e. The number of piperidine rings is 1. The van der Waals surface area contributed by atoms with E-state index in [4.69, 9.17) is 15.5 Å². The van der Waals surface area contributed by atoms with Gasteiger partial charge < -0.3 is 10.5 Å². The van der Waals surface area contributed by atoms with E-state index in [0.717, 1.165) is 65.3 Å². The molecule has 2 amide bonds. The van der Waals surface area contributed by atoms with E-state index in [2.05, 4.69) is 11.9 Å². The summed E-state index contributed by atoms with van der Waals surface area (Å²) in [5.74, 6) is 0.922. The molecule has 6 nitrogen and oxygen atoms in total. The van der Waals surface area contributed by atoms with Crippen LogP contribution in [0.1, 0.15) is 31.2 Å². The maximum absolute atomic E-state index is 12.4. The van der Waals surface area contributed by atoms with Crippen molar-refractivity contribution < 1.29 is 9.53 Å². The normalized spacial score (nSPS) is 24.3. The van der Waals surface area contributed by atoms with Gasteiger partial charge in [-0.25, -0.2) is 9.78 Å². The molecule has 132 valence electrons. The second-order valence-corrected chi connectivity index (χ2v) is 8.38. The molecule has 1 aromatic heterocycles. The molecule has 25 heavy (non-hydrogen) atoms. The van der Waals surface area contributed by atoms with Gasteiger partial charge in [0.25, 0.3) is 0 Å². The minimum absolute atomic E-state index is 0.0934. The lowest BCUT2D eigenvalue weighted by Crippen LogP contribution is -2.59. The summed E-state index contributed by atoms with van der Waals surface area (Å²) in [5, 5.41) is 0.731. The fourth-order valence-corrected chi connectivity index (χ4v) is 5.67. The molecule has 1 saturated carbocycles. The topological polar surface area (TPSA) is 71.7 Å². The van der Waals surface area contributed by atoms with Crippen molar-refractivity contribution in [3.63, 3.8) is 0 Å². The highest BCUT2D eigenvalue weighted by Gasteiger charge is 2.57. The quantitative estimate of drug-likeness (QED) is 0.896. The molecule has 1 atom stereocenters. The number of carbonyl (C=O) groups excluding carboxylic acids is 1. The van der Waals surface area contributed by atoms with Crippen LogP contribution in [-0.4, -0.2) is 47.7 Å². The molecule has 1 aromatic carbocycles. The third kappa shape index (κ3) is 2.18. The predicted molar refractivity (Wildman–Crippen MR) is 98.5 cm³/mol. The van der Waals surface area contributed by atoms with Crippen molar-refractivity contribution >= 4 is 32.7 Å². The smallest absolute Gasteiger partial charge is 0.321 e. The molecule has 1 aliphatic carbocycles. The van der Waals surface area contributed by atoms with E-state index in [-0.39, 0.29) is 11.6 Å². The van der Waals surface area contributed by atoms with Gasteiger partial charge in [-0.2, -0.15) is 0 Å². The number of amides is 2. The molecular weight excluding hydrogens is 336 g/mol. The number of anilines is 1. The highest BCUT2D eigenvalue weighted by Crippen LogP contribution is 2.51. The number of hydrogen-bond acceptors (Lipinski definition) is 5. The van der Waals surface area contributed by atoms with Gasteiger partial charge in [0.2, 0.25) is 0 Å². The summed E-state index contributed by atoms with van der Waals surface area (Å²) in [6, 6.07) is 3.78. The minimum atomic E-state index is -0.390. The van der Waals surface area contributed by atoms with Gasteiger partial charge in [0, 0.05) is 17.5 Å². The van der Waals surface area contributed by atoms with Crippen LogP contribution in [0.2, 0.25) is 0 Å². The van der Waals surface area contributed by atoms with E-state index < -0.39 is 6.03 Å². The number of likely N-dealkylation sites (N-methyl/N-ethyl adjacent to an activating group) is 1. The third-order valence-electron chi connectivity index (χ3n) is 6.09. The number of hydrogen-bond donors (Lipinski definition) is 1. The van der Waals surface area contributed by atoms with Gasteiger partial charge in [0.05, 0.1) is 22.9 Å². The van der Waals surface area contributed by atoms with Crippen molar-refractivity contribution in [3.05, 3.63) is 17.7 Å². The number of primary amides is 1. The minimum Gasteiger partial charge on any atom is -0.493 e. The standard InChI is InChI=1S/C18H22N4O2S/c1-21-9-2-3-14(18(21)7-8-18)22(16(19)23)17-20-15-11-6-10-24-12(11)4-5-13(15)25-17/h4-5,14H,2-3,6-10H2,1H3,(H2,19,23). The molecule has 1 unspecified atom stereocenters. The lowest BCUT2D eigenvalue weighted by atomic mass is 9.93. The van der Waals surface area contributed by atoms with E-state index in [1.165, 1.54) is 0 Å². The summed E-state index contributed by atoms with van der Waals surface area (Å²) < 4.78 is 6.75. The van der Waals surface area contributed by atoms with Crippen LogP contribution >= 0.6 is 11.3 Å². The molecule has 3 aliphatic rings. The van der Waals surface area contributed by atoms with E-state index >= 15 is 0 Å². The first kappa shape index (κ1) is 15.4. The Morgan fingerprint density at radius 3 is 3.08 bits per heavy atom. The zero-order valence-corrected chi connectivity index (χ0v) is 15.1. The van der Waals surface area contributed by atoms with Crippen LogP contribution in [0.5, 0.6) is 5.75 Å². The van der Waals surface area contributed by atoms with Crippen molar-refractivity contribution in [1.29, 1.82) is 0 Å². The van der Waals surface area contributed by atoms with Crippen LogP contribution in [0.3, 0.4) is 0 Å². The summed E-state index contributed by atoms with van der Waals surface area (Å²) >= 11 is 1.56. The Bertz CT molecular complexity index is 860. The Morgan fingerprint density at radius 1 is 1.48 bits per heavy atom. The second kappa shape index (κ2) is 5.32. The molecule has 2 aromatic rings. The van der Waals surface area contributed by atoms with Gasteiger partial charge in [-0.05, 0) is 51.4 Å². The summed E-state index contributed by atoms with van der Waals surface area (Å²) in [6.45, 7) is 1.80. The molecule has 5 rings (SSSR count). The van der Waals surface area contributed by atoms with Gasteiger partial charge in [-0.15, -0.1) is 0 Å². The predicted octanol–water partition coefficient (Wildman–Crippen LogP) is 2.74. The number of fused-ring (bicyclic) bond motifs is 3. The maximum atomic E-state index is 12.4. The molecule has 0 radical (unpaired) electrons. The average molecular weight is 358 g/mol. The Labute approximate surface area is 150 Å². The summed E-state index contributed by atoms with van der Waals surface area (Å²) in [7, 11) is 2.17. The first-order valence-electron chi connectivity index (χ1n) is 8.95. The first-order valence-corrected chi connectivity index (χ1v) is 9.77. The van der Waals surface area contributed by atoms with Crippen molar-refractivity contribution in [2.75, 3.05) is 25.1 Å². The van der Waals surface area contributed by atoms with Crippen molar-refractivity contribution in [2.45, 2.75) is 43.7 Å². The van der Waals surface area contributed by atoms with E-state index in [1.54, 1.807) is 16.2 Å². The third-order valence-corrected chi connectivity index (χ3v) is 7.11. The van der Waals surface area contributed by atoms with Crippen LogP contribution in [0, 0.1) is 0 Å². The van der Waals surface area contributed by atoms with Gasteiger partial charge in [0.1, 0.15) is 5.75 Å². The number of ether oxygens (including phenoxy) is 1. The molecule has 2 N–H and O–H groups in total. The molecule has 1 saturated heterocycles. The summed E-state index contributed by atoms with van der Waals surface area (Å²) in [6.07, 6.45) is 5.21. The highest BCUT2D eigenvalue weighted by atomic mass is 32.1. The summed E-state index contributed by atoms with van der Waals surface area (Å²) in [4.78, 5) is 21.4. The number of aromatic nitrogens is 1. The Kier molecular flexibility index (Phi) is 3.27. The zero-order chi connectivity index (χ0) is 17.2. The molecule has 2 fully saturated rings. The number of nitrogens with two attached hydrogens (primary N) is 1. The molecule has 7 heteroatoms. The number of rotatable bonds is 2. The van der Waals surface area contributed by atoms with E-state index in [0.29, 0.717) is 6.61 Å². The molecule has 0 bridgehead atoms. The van der Waals surface area contributed by atoms with Gasteiger partial charge >= 0.3 is 6.03 Å². The van der Waals surface area contributed by atoms with Crippen LogP contribution in [0.15, 0.2) is 12.1 Å². The summed E-state index contributed by atoms with van der Waals surface area (Å²) in [5.41, 5.74) is 8.06.